The molecule has 9 heteroatoms. The third-order valence-corrected chi connectivity index (χ3v) is 5.75. The molecule has 0 saturated heterocycles. The number of fused-ring (bicyclic) bond motifs is 1. The molecule has 2 heterocycles. The highest BCUT2D eigenvalue weighted by atomic mass is 32.1. The number of rotatable bonds is 7. The fourth-order valence-electron chi connectivity index (χ4n) is 3.07. The maximum Gasteiger partial charge on any atom is 0.282 e. The number of anilines is 1. The fourth-order valence-corrected chi connectivity index (χ4v) is 4.06. The van der Waals surface area contributed by atoms with Gasteiger partial charge in [-0.15, -0.1) is 5.10 Å². The molecule has 154 valence electrons. The molecule has 30 heavy (non-hydrogen) atoms. The molecule has 0 fully saturated rings. The van der Waals surface area contributed by atoms with E-state index in [1.54, 1.807) is 23.8 Å². The molecule has 0 aliphatic rings. The minimum atomic E-state index is -0.261. The first-order chi connectivity index (χ1) is 14.6. The number of thiazole rings is 1. The number of methoxy groups -OCH3 is 2. The molecule has 4 rings (SSSR count). The summed E-state index contributed by atoms with van der Waals surface area (Å²) in [5.74, 6) is 0.484. The van der Waals surface area contributed by atoms with Crippen LogP contribution >= 0.6 is 11.3 Å². The maximum absolute atomic E-state index is 13.4. The Morgan fingerprint density at radius 1 is 1.13 bits per heavy atom. The Bertz CT molecular complexity index is 1140. The van der Waals surface area contributed by atoms with Crippen molar-refractivity contribution in [3.05, 3.63) is 59.9 Å². The third kappa shape index (κ3) is 3.77. The quantitative estimate of drug-likeness (QED) is 0.453. The zero-order chi connectivity index (χ0) is 21.1. The Morgan fingerprint density at radius 2 is 1.90 bits per heavy atom. The predicted molar refractivity (Wildman–Crippen MR) is 116 cm³/mol. The molecule has 8 nitrogen and oxygen atoms in total. The lowest BCUT2D eigenvalue weighted by molar-refractivity contribution is 0.0970. The number of ether oxygens (including phenoxy) is 2. The zero-order valence-electron chi connectivity index (χ0n) is 16.9. The van der Waals surface area contributed by atoms with Gasteiger partial charge in [0.25, 0.3) is 5.91 Å². The number of benzene rings is 2. The first-order valence-corrected chi connectivity index (χ1v) is 10.2. The van der Waals surface area contributed by atoms with Gasteiger partial charge in [-0.05, 0) is 43.3 Å². The Morgan fingerprint density at radius 3 is 2.60 bits per heavy atom. The molecule has 2 aromatic heterocycles. The van der Waals surface area contributed by atoms with Crippen LogP contribution in [0.3, 0.4) is 0 Å². The van der Waals surface area contributed by atoms with Gasteiger partial charge in [0, 0.05) is 7.11 Å². The summed E-state index contributed by atoms with van der Waals surface area (Å²) in [7, 11) is 3.22. The van der Waals surface area contributed by atoms with E-state index in [1.165, 1.54) is 11.3 Å². The summed E-state index contributed by atoms with van der Waals surface area (Å²) in [5.41, 5.74) is 2.57. The summed E-state index contributed by atoms with van der Waals surface area (Å²) >= 11 is 1.46. The molecule has 0 atom stereocenters. The highest BCUT2D eigenvalue weighted by molar-refractivity contribution is 7.22. The summed E-state index contributed by atoms with van der Waals surface area (Å²) in [6.45, 7) is 2.57. The second-order valence-corrected chi connectivity index (χ2v) is 7.56. The van der Waals surface area contributed by atoms with E-state index in [0.717, 1.165) is 21.7 Å². The van der Waals surface area contributed by atoms with Crippen LogP contribution in [0.5, 0.6) is 5.75 Å². The van der Waals surface area contributed by atoms with Gasteiger partial charge in [0.15, 0.2) is 10.8 Å². The minimum absolute atomic E-state index is 0.261. The molecular formula is C21H21N5O3S. The van der Waals surface area contributed by atoms with Gasteiger partial charge in [-0.3, -0.25) is 9.69 Å². The second kappa shape index (κ2) is 8.60. The molecule has 2 aromatic carbocycles. The molecular weight excluding hydrogens is 402 g/mol. The molecule has 0 radical (unpaired) electrons. The smallest absolute Gasteiger partial charge is 0.282 e. The average Bonchev–Trinajstić information content (AvgIpc) is 3.37. The first-order valence-electron chi connectivity index (χ1n) is 9.35. The van der Waals surface area contributed by atoms with Crippen LogP contribution in [0.25, 0.3) is 15.9 Å². The molecule has 0 unspecified atom stereocenters. The van der Waals surface area contributed by atoms with Crippen molar-refractivity contribution in [2.45, 2.75) is 6.92 Å². The molecule has 0 bridgehead atoms. The van der Waals surface area contributed by atoms with Crippen molar-refractivity contribution in [1.29, 1.82) is 0 Å². The number of aromatic nitrogens is 4. The van der Waals surface area contributed by atoms with E-state index >= 15 is 0 Å². The zero-order valence-corrected chi connectivity index (χ0v) is 17.7. The number of hydrogen-bond acceptors (Lipinski definition) is 7. The van der Waals surface area contributed by atoms with E-state index < -0.39 is 0 Å². The van der Waals surface area contributed by atoms with Crippen molar-refractivity contribution < 1.29 is 14.3 Å². The van der Waals surface area contributed by atoms with Crippen molar-refractivity contribution in [3.8, 4) is 11.4 Å². The lowest BCUT2D eigenvalue weighted by Gasteiger charge is -2.18. The Kier molecular flexibility index (Phi) is 5.73. The van der Waals surface area contributed by atoms with Crippen LogP contribution in [0, 0.1) is 6.92 Å². The van der Waals surface area contributed by atoms with E-state index in [9.17, 15) is 4.79 Å². The van der Waals surface area contributed by atoms with E-state index in [-0.39, 0.29) is 11.6 Å². The summed E-state index contributed by atoms with van der Waals surface area (Å²) in [6.07, 6.45) is 0. The molecule has 0 aliphatic carbocycles. The third-order valence-electron chi connectivity index (χ3n) is 4.69. The standard InChI is InChI=1S/C21H21N5O3S/c1-14-19(23-24-26(14)15-8-10-16(29-3)11-9-15)20(27)25(12-13-28-2)21-22-17-6-4-5-7-18(17)30-21/h4-11H,12-13H2,1-3H3. The Labute approximate surface area is 177 Å². The van der Waals surface area contributed by atoms with Crippen molar-refractivity contribution in [2.75, 3.05) is 32.3 Å². The number of carbonyl (C=O) groups is 1. The van der Waals surface area contributed by atoms with Crippen LogP contribution in [0.4, 0.5) is 5.13 Å². The fraction of sp³-hybridized carbons (Fsp3) is 0.238. The van der Waals surface area contributed by atoms with Crippen LogP contribution < -0.4 is 9.64 Å². The van der Waals surface area contributed by atoms with E-state index in [0.29, 0.717) is 24.0 Å². The molecule has 0 N–H and O–H groups in total. The normalized spacial score (nSPS) is 11.0. The molecule has 0 saturated carbocycles. The average molecular weight is 423 g/mol. The molecule has 0 spiro atoms. The highest BCUT2D eigenvalue weighted by Crippen LogP contribution is 2.29. The summed E-state index contributed by atoms with van der Waals surface area (Å²) in [6, 6.07) is 15.2. The monoisotopic (exact) mass is 423 g/mol. The van der Waals surface area contributed by atoms with Gasteiger partial charge < -0.3 is 9.47 Å². The summed E-state index contributed by atoms with van der Waals surface area (Å²) in [4.78, 5) is 19.6. The van der Waals surface area contributed by atoms with Gasteiger partial charge >= 0.3 is 0 Å². The van der Waals surface area contributed by atoms with Gasteiger partial charge in [-0.2, -0.15) is 0 Å². The van der Waals surface area contributed by atoms with Crippen LogP contribution in [-0.4, -0.2) is 53.3 Å². The van der Waals surface area contributed by atoms with Crippen LogP contribution in [-0.2, 0) is 4.74 Å². The van der Waals surface area contributed by atoms with E-state index in [4.69, 9.17) is 9.47 Å². The highest BCUT2D eigenvalue weighted by Gasteiger charge is 2.26. The maximum atomic E-state index is 13.4. The number of nitrogens with zero attached hydrogens (tertiary/aromatic N) is 5. The van der Waals surface area contributed by atoms with Gasteiger partial charge in [0.1, 0.15) is 5.75 Å². The van der Waals surface area contributed by atoms with Gasteiger partial charge in [-0.25, -0.2) is 9.67 Å². The van der Waals surface area contributed by atoms with Crippen molar-refractivity contribution in [1.82, 2.24) is 20.0 Å². The van der Waals surface area contributed by atoms with Gasteiger partial charge in [-0.1, -0.05) is 28.7 Å². The number of para-hydroxylation sites is 1. The Hall–Kier alpha value is -3.30. The van der Waals surface area contributed by atoms with Crippen molar-refractivity contribution in [2.24, 2.45) is 0 Å². The lowest BCUT2D eigenvalue weighted by Crippen LogP contribution is -2.34. The Balaban J connectivity index is 1.68. The van der Waals surface area contributed by atoms with Crippen molar-refractivity contribution >= 4 is 32.6 Å². The van der Waals surface area contributed by atoms with Gasteiger partial charge in [0.2, 0.25) is 0 Å². The van der Waals surface area contributed by atoms with Crippen LogP contribution in [0.2, 0.25) is 0 Å². The van der Waals surface area contributed by atoms with Gasteiger partial charge in [0.05, 0.1) is 41.9 Å². The topological polar surface area (TPSA) is 82.4 Å². The van der Waals surface area contributed by atoms with Crippen LogP contribution in [0.15, 0.2) is 48.5 Å². The molecule has 1 amide bonds. The largest absolute Gasteiger partial charge is 0.497 e. The number of amides is 1. The minimum Gasteiger partial charge on any atom is -0.497 e. The van der Waals surface area contributed by atoms with E-state index in [2.05, 4.69) is 15.3 Å². The summed E-state index contributed by atoms with van der Waals surface area (Å²) < 4.78 is 13.1. The van der Waals surface area contributed by atoms with Crippen molar-refractivity contribution in [3.63, 3.8) is 0 Å². The molecule has 4 aromatic rings. The lowest BCUT2D eigenvalue weighted by atomic mass is 10.2. The summed E-state index contributed by atoms with van der Waals surface area (Å²) in [5, 5.41) is 8.97. The first kappa shape index (κ1) is 20.0. The second-order valence-electron chi connectivity index (χ2n) is 6.55. The number of hydrogen-bond donors (Lipinski definition) is 0. The van der Waals surface area contributed by atoms with E-state index in [1.807, 2.05) is 55.5 Å². The predicted octanol–water partition coefficient (Wildman–Crippen LogP) is 3.49. The molecule has 0 aliphatic heterocycles. The van der Waals surface area contributed by atoms with Crippen LogP contribution in [0.1, 0.15) is 16.2 Å². The SMILES string of the molecule is COCCN(C(=O)c1nnn(-c2ccc(OC)cc2)c1C)c1nc2ccccc2s1. The number of carbonyl (C=O) groups excluding carboxylic acids is 1.